The normalized spacial score (nSPS) is 15.7. The number of nitrogens with zero attached hydrogens (tertiary/aromatic N) is 2. The SMILES string of the molecule is C=C1SC=C(c2cccnc2)N1CCC. The van der Waals surface area contributed by atoms with Crippen molar-refractivity contribution in [3.63, 3.8) is 0 Å². The standard InChI is InChI=1S/C12H14N2S/c1-3-7-14-10(2)15-9-12(14)11-5-4-6-13-8-11/h4-6,8-9H,2-3,7H2,1H3. The van der Waals surface area contributed by atoms with Gasteiger partial charge in [-0.05, 0) is 18.6 Å². The molecule has 0 unspecified atom stereocenters. The van der Waals surface area contributed by atoms with Crippen LogP contribution in [0, 0.1) is 0 Å². The van der Waals surface area contributed by atoms with Crippen LogP contribution in [0.3, 0.4) is 0 Å². The summed E-state index contributed by atoms with van der Waals surface area (Å²) in [6.07, 6.45) is 4.82. The second kappa shape index (κ2) is 4.53. The van der Waals surface area contributed by atoms with E-state index in [1.54, 1.807) is 18.0 Å². The van der Waals surface area contributed by atoms with Crippen LogP contribution in [0.1, 0.15) is 18.9 Å². The third-order valence-electron chi connectivity index (χ3n) is 2.30. The largest absolute Gasteiger partial charge is 0.335 e. The van der Waals surface area contributed by atoms with Gasteiger partial charge in [-0.25, -0.2) is 0 Å². The summed E-state index contributed by atoms with van der Waals surface area (Å²) in [7, 11) is 0. The molecule has 2 rings (SSSR count). The maximum Gasteiger partial charge on any atom is 0.0722 e. The minimum atomic E-state index is 1.02. The van der Waals surface area contributed by atoms with Crippen LogP contribution in [0.25, 0.3) is 5.70 Å². The molecule has 1 aromatic rings. The van der Waals surface area contributed by atoms with E-state index in [-0.39, 0.29) is 0 Å². The van der Waals surface area contributed by atoms with E-state index in [1.807, 2.05) is 12.3 Å². The molecule has 0 radical (unpaired) electrons. The molecule has 0 aliphatic carbocycles. The molecule has 3 heteroatoms. The molecule has 0 bridgehead atoms. The Morgan fingerprint density at radius 3 is 3.07 bits per heavy atom. The first-order valence-corrected chi connectivity index (χ1v) is 5.94. The zero-order valence-electron chi connectivity index (χ0n) is 8.81. The van der Waals surface area contributed by atoms with E-state index in [0.29, 0.717) is 0 Å². The van der Waals surface area contributed by atoms with Gasteiger partial charge in [-0.15, -0.1) is 0 Å². The van der Waals surface area contributed by atoms with Gasteiger partial charge in [0.05, 0.1) is 10.7 Å². The average Bonchev–Trinajstić information content (AvgIpc) is 2.63. The third-order valence-corrected chi connectivity index (χ3v) is 3.14. The molecule has 1 aromatic heterocycles. The van der Waals surface area contributed by atoms with Gasteiger partial charge in [0.1, 0.15) is 0 Å². The van der Waals surface area contributed by atoms with Gasteiger partial charge in [0, 0.05) is 29.9 Å². The maximum absolute atomic E-state index is 4.14. The molecule has 0 spiro atoms. The van der Waals surface area contributed by atoms with Crippen molar-refractivity contribution in [3.8, 4) is 0 Å². The number of rotatable bonds is 3. The summed E-state index contributed by atoms with van der Waals surface area (Å²) >= 11 is 1.69. The van der Waals surface area contributed by atoms with Crippen molar-refractivity contribution in [2.24, 2.45) is 0 Å². The molecular formula is C12H14N2S. The van der Waals surface area contributed by atoms with E-state index in [0.717, 1.165) is 23.6 Å². The first-order chi connectivity index (χ1) is 7.33. The van der Waals surface area contributed by atoms with Crippen LogP contribution < -0.4 is 0 Å². The van der Waals surface area contributed by atoms with E-state index in [1.165, 1.54) is 5.70 Å². The smallest absolute Gasteiger partial charge is 0.0722 e. The topological polar surface area (TPSA) is 16.1 Å². The van der Waals surface area contributed by atoms with Crippen LogP contribution in [0.15, 0.2) is 41.5 Å². The van der Waals surface area contributed by atoms with E-state index in [2.05, 4.69) is 34.9 Å². The Morgan fingerprint density at radius 1 is 1.53 bits per heavy atom. The van der Waals surface area contributed by atoms with Crippen molar-refractivity contribution in [1.82, 2.24) is 9.88 Å². The quantitative estimate of drug-likeness (QED) is 0.774. The van der Waals surface area contributed by atoms with Crippen LogP contribution in [0.5, 0.6) is 0 Å². The number of aromatic nitrogens is 1. The molecule has 0 fully saturated rings. The lowest BCUT2D eigenvalue weighted by Crippen LogP contribution is -2.17. The van der Waals surface area contributed by atoms with E-state index in [9.17, 15) is 0 Å². The second-order valence-electron chi connectivity index (χ2n) is 3.41. The molecule has 15 heavy (non-hydrogen) atoms. The first kappa shape index (κ1) is 10.3. The van der Waals surface area contributed by atoms with Crippen LogP contribution >= 0.6 is 11.8 Å². The van der Waals surface area contributed by atoms with Crippen molar-refractivity contribution in [3.05, 3.63) is 47.1 Å². The molecule has 0 saturated carbocycles. The molecule has 0 amide bonds. The van der Waals surface area contributed by atoms with E-state index >= 15 is 0 Å². The number of hydrogen-bond donors (Lipinski definition) is 0. The molecule has 0 saturated heterocycles. The lowest BCUT2D eigenvalue weighted by Gasteiger charge is -2.21. The highest BCUT2D eigenvalue weighted by molar-refractivity contribution is 8.06. The van der Waals surface area contributed by atoms with Gasteiger partial charge in [-0.2, -0.15) is 0 Å². The minimum Gasteiger partial charge on any atom is -0.335 e. The fourth-order valence-corrected chi connectivity index (χ4v) is 2.42. The summed E-state index contributed by atoms with van der Waals surface area (Å²) in [6.45, 7) is 7.24. The maximum atomic E-state index is 4.14. The molecule has 0 N–H and O–H groups in total. The summed E-state index contributed by atoms with van der Waals surface area (Å²) in [5.41, 5.74) is 2.39. The lowest BCUT2D eigenvalue weighted by molar-refractivity contribution is 0.520. The van der Waals surface area contributed by atoms with Crippen LogP contribution in [-0.2, 0) is 0 Å². The van der Waals surface area contributed by atoms with E-state index < -0.39 is 0 Å². The molecular weight excluding hydrogens is 204 g/mol. The predicted octanol–water partition coefficient (Wildman–Crippen LogP) is 3.31. The van der Waals surface area contributed by atoms with Gasteiger partial charge in [-0.3, -0.25) is 4.98 Å². The third kappa shape index (κ3) is 2.07. The molecule has 1 aliphatic rings. The summed E-state index contributed by atoms with van der Waals surface area (Å²) < 4.78 is 0. The predicted molar refractivity (Wildman–Crippen MR) is 65.9 cm³/mol. The Hall–Kier alpha value is -1.22. The summed E-state index contributed by atoms with van der Waals surface area (Å²) in [5.74, 6) is 0. The molecule has 0 atom stereocenters. The van der Waals surface area contributed by atoms with Crippen molar-refractivity contribution < 1.29 is 0 Å². The molecule has 2 nitrogen and oxygen atoms in total. The summed E-state index contributed by atoms with van der Waals surface area (Å²) in [5, 5.41) is 3.25. The van der Waals surface area contributed by atoms with Crippen LogP contribution in [0.4, 0.5) is 0 Å². The number of hydrogen-bond acceptors (Lipinski definition) is 3. The monoisotopic (exact) mass is 218 g/mol. The molecule has 78 valence electrons. The molecule has 1 aliphatic heterocycles. The highest BCUT2D eigenvalue weighted by atomic mass is 32.2. The average molecular weight is 218 g/mol. The van der Waals surface area contributed by atoms with Gasteiger partial charge in [0.15, 0.2) is 0 Å². The number of thioether (sulfide) groups is 1. The van der Waals surface area contributed by atoms with Crippen LogP contribution in [-0.4, -0.2) is 16.4 Å². The van der Waals surface area contributed by atoms with Crippen molar-refractivity contribution >= 4 is 17.5 Å². The zero-order valence-corrected chi connectivity index (χ0v) is 9.63. The number of pyridine rings is 1. The Morgan fingerprint density at radius 2 is 2.40 bits per heavy atom. The highest BCUT2D eigenvalue weighted by Gasteiger charge is 2.19. The minimum absolute atomic E-state index is 1.02. The van der Waals surface area contributed by atoms with Gasteiger partial charge in [-0.1, -0.05) is 25.3 Å². The molecule has 0 aromatic carbocycles. The Balaban J connectivity index is 2.26. The Kier molecular flexibility index (Phi) is 3.11. The van der Waals surface area contributed by atoms with Crippen LogP contribution in [0.2, 0.25) is 0 Å². The fraction of sp³-hybridized carbons (Fsp3) is 0.250. The summed E-state index contributed by atoms with van der Waals surface area (Å²) in [6, 6.07) is 4.05. The van der Waals surface area contributed by atoms with Gasteiger partial charge in [0.2, 0.25) is 0 Å². The van der Waals surface area contributed by atoms with Gasteiger partial charge in [0.25, 0.3) is 0 Å². The highest BCUT2D eigenvalue weighted by Crippen LogP contribution is 2.37. The zero-order chi connectivity index (χ0) is 10.7. The van der Waals surface area contributed by atoms with Crippen molar-refractivity contribution in [2.75, 3.05) is 6.54 Å². The Labute approximate surface area is 94.7 Å². The van der Waals surface area contributed by atoms with Gasteiger partial charge < -0.3 is 4.90 Å². The van der Waals surface area contributed by atoms with Crippen molar-refractivity contribution in [2.45, 2.75) is 13.3 Å². The second-order valence-corrected chi connectivity index (χ2v) is 4.35. The molecule has 2 heterocycles. The lowest BCUT2D eigenvalue weighted by atomic mass is 10.2. The first-order valence-electron chi connectivity index (χ1n) is 5.06. The van der Waals surface area contributed by atoms with Crippen molar-refractivity contribution in [1.29, 1.82) is 0 Å². The Bertz CT molecular complexity index is 384. The van der Waals surface area contributed by atoms with Gasteiger partial charge >= 0.3 is 0 Å². The van der Waals surface area contributed by atoms with E-state index in [4.69, 9.17) is 0 Å². The fourth-order valence-electron chi connectivity index (χ4n) is 1.59. The summed E-state index contributed by atoms with van der Waals surface area (Å²) in [4.78, 5) is 6.39.